The van der Waals surface area contributed by atoms with E-state index in [0.29, 0.717) is 35.4 Å². The zero-order chi connectivity index (χ0) is 21.1. The average Bonchev–Trinajstić information content (AvgIpc) is 3.21. The SMILES string of the molecule is CC(CO)CC/C=C1\OC2C[C@H]3[C@@H]4CC[C@@H]5CCCC[C@]5(C)[C@H]4CC[C@]3(C)C2[C@@H]1C.[HH].[HH]. The zero-order valence-corrected chi connectivity index (χ0v) is 20.0. The number of fused-ring (bicyclic) bond motifs is 7. The lowest BCUT2D eigenvalue weighted by atomic mass is 9.44. The van der Waals surface area contributed by atoms with Gasteiger partial charge < -0.3 is 9.84 Å². The maximum atomic E-state index is 9.31. The fourth-order valence-electron chi connectivity index (χ4n) is 9.63. The molecule has 5 aliphatic rings. The molecule has 1 N–H and O–H groups in total. The predicted octanol–water partition coefficient (Wildman–Crippen LogP) is 7.46. The maximum Gasteiger partial charge on any atom is 0.103 e. The highest BCUT2D eigenvalue weighted by Gasteiger charge is 2.65. The summed E-state index contributed by atoms with van der Waals surface area (Å²) in [6.45, 7) is 10.2. The highest BCUT2D eigenvalue weighted by molar-refractivity contribution is 5.19. The summed E-state index contributed by atoms with van der Waals surface area (Å²) in [6, 6.07) is 0. The van der Waals surface area contributed by atoms with Crippen LogP contribution in [-0.4, -0.2) is 17.8 Å². The first-order valence-electron chi connectivity index (χ1n) is 13.4. The van der Waals surface area contributed by atoms with Crippen LogP contribution in [0.15, 0.2) is 11.8 Å². The minimum Gasteiger partial charge on any atom is -0.494 e. The monoisotopic (exact) mass is 418 g/mol. The van der Waals surface area contributed by atoms with Crippen LogP contribution in [0.2, 0.25) is 0 Å². The first-order chi connectivity index (χ1) is 14.4. The second kappa shape index (κ2) is 7.82. The lowest BCUT2D eigenvalue weighted by Crippen LogP contribution is -2.53. The van der Waals surface area contributed by atoms with Gasteiger partial charge in [0.15, 0.2) is 0 Å². The Morgan fingerprint density at radius 3 is 2.73 bits per heavy atom. The molecule has 2 heteroatoms. The second-order valence-electron chi connectivity index (χ2n) is 12.6. The quantitative estimate of drug-likeness (QED) is 0.513. The smallest absolute Gasteiger partial charge is 0.103 e. The summed E-state index contributed by atoms with van der Waals surface area (Å²) in [5.74, 6) is 6.83. The Bertz CT molecular complexity index is 680. The van der Waals surface area contributed by atoms with Gasteiger partial charge in [-0.05, 0) is 104 Å². The highest BCUT2D eigenvalue weighted by atomic mass is 16.5. The predicted molar refractivity (Wildman–Crippen MR) is 127 cm³/mol. The third kappa shape index (κ3) is 3.13. The van der Waals surface area contributed by atoms with Crippen molar-refractivity contribution in [1.29, 1.82) is 0 Å². The highest BCUT2D eigenvalue weighted by Crippen LogP contribution is 2.70. The van der Waals surface area contributed by atoms with E-state index >= 15 is 0 Å². The summed E-state index contributed by atoms with van der Waals surface area (Å²) in [7, 11) is 0. The molecule has 0 aromatic carbocycles. The molecule has 10 atom stereocenters. The summed E-state index contributed by atoms with van der Waals surface area (Å²) in [6.07, 6.45) is 18.2. The minimum absolute atomic E-state index is 0. The van der Waals surface area contributed by atoms with Gasteiger partial charge >= 0.3 is 0 Å². The van der Waals surface area contributed by atoms with Crippen molar-refractivity contribution in [3.05, 3.63) is 11.8 Å². The van der Waals surface area contributed by atoms with Gasteiger partial charge in [0.25, 0.3) is 0 Å². The first kappa shape index (κ1) is 21.4. The Hall–Kier alpha value is -0.500. The van der Waals surface area contributed by atoms with E-state index in [9.17, 15) is 5.11 Å². The topological polar surface area (TPSA) is 29.5 Å². The van der Waals surface area contributed by atoms with Crippen LogP contribution in [0.25, 0.3) is 0 Å². The van der Waals surface area contributed by atoms with Gasteiger partial charge in [0.2, 0.25) is 0 Å². The van der Waals surface area contributed by atoms with E-state index in [0.717, 1.165) is 42.4 Å². The molecule has 1 aliphatic heterocycles. The molecule has 1 heterocycles. The van der Waals surface area contributed by atoms with Crippen molar-refractivity contribution in [2.45, 2.75) is 104 Å². The molecular weight excluding hydrogens is 368 g/mol. The number of ether oxygens (including phenoxy) is 1. The maximum absolute atomic E-state index is 9.31. The van der Waals surface area contributed by atoms with Crippen molar-refractivity contribution >= 4 is 0 Å². The summed E-state index contributed by atoms with van der Waals surface area (Å²) in [4.78, 5) is 0. The summed E-state index contributed by atoms with van der Waals surface area (Å²) in [5, 5.41) is 9.31. The van der Waals surface area contributed by atoms with Gasteiger partial charge in [0, 0.05) is 21.3 Å². The van der Waals surface area contributed by atoms with Gasteiger partial charge in [0.1, 0.15) is 6.10 Å². The van der Waals surface area contributed by atoms with Crippen LogP contribution in [0.1, 0.15) is 101 Å². The van der Waals surface area contributed by atoms with Gasteiger partial charge in [-0.15, -0.1) is 0 Å². The molecule has 4 saturated carbocycles. The number of allylic oxidation sites excluding steroid dienone is 2. The summed E-state index contributed by atoms with van der Waals surface area (Å²) >= 11 is 0. The number of aliphatic hydroxyl groups excluding tert-OH is 1. The van der Waals surface area contributed by atoms with Crippen molar-refractivity contribution in [3.63, 3.8) is 0 Å². The molecule has 3 unspecified atom stereocenters. The molecule has 5 rings (SSSR count). The molecule has 174 valence electrons. The summed E-state index contributed by atoms with van der Waals surface area (Å²) in [5.41, 5.74) is 1.12. The molecule has 0 aromatic rings. The molecule has 1 saturated heterocycles. The Balaban J connectivity index is 0.00000144. The van der Waals surface area contributed by atoms with Gasteiger partial charge in [-0.2, -0.15) is 0 Å². The second-order valence-corrected chi connectivity index (χ2v) is 12.6. The molecular formula is C28H50O2. The van der Waals surface area contributed by atoms with Crippen molar-refractivity contribution in [2.75, 3.05) is 6.61 Å². The largest absolute Gasteiger partial charge is 0.494 e. The zero-order valence-electron chi connectivity index (χ0n) is 20.0. The van der Waals surface area contributed by atoms with E-state index in [1.54, 1.807) is 0 Å². The van der Waals surface area contributed by atoms with Crippen molar-refractivity contribution in [2.24, 2.45) is 52.3 Å². The van der Waals surface area contributed by atoms with E-state index in [1.807, 2.05) is 0 Å². The van der Waals surface area contributed by atoms with E-state index in [1.165, 1.54) is 63.5 Å². The molecule has 30 heavy (non-hydrogen) atoms. The number of aliphatic hydroxyl groups is 1. The van der Waals surface area contributed by atoms with Crippen molar-refractivity contribution in [1.82, 2.24) is 0 Å². The van der Waals surface area contributed by atoms with Crippen LogP contribution in [0.4, 0.5) is 0 Å². The third-order valence-electron chi connectivity index (χ3n) is 11.3. The van der Waals surface area contributed by atoms with Crippen LogP contribution >= 0.6 is 0 Å². The Morgan fingerprint density at radius 1 is 1.10 bits per heavy atom. The molecule has 4 aliphatic carbocycles. The fraction of sp³-hybridized carbons (Fsp3) is 0.929. The van der Waals surface area contributed by atoms with E-state index < -0.39 is 0 Å². The summed E-state index contributed by atoms with van der Waals surface area (Å²) < 4.78 is 6.68. The number of hydrogen-bond acceptors (Lipinski definition) is 2. The average molecular weight is 419 g/mol. The first-order valence-corrected chi connectivity index (χ1v) is 13.4. The molecule has 0 aromatic heterocycles. The Kier molecular flexibility index (Phi) is 5.57. The van der Waals surface area contributed by atoms with Crippen LogP contribution in [0, 0.1) is 52.3 Å². The molecule has 5 fully saturated rings. The van der Waals surface area contributed by atoms with Gasteiger partial charge in [-0.3, -0.25) is 0 Å². The standard InChI is InChI=1S/C28H46O2.2H2/c1-18(17-29)8-7-10-24-19(2)26-25(30-24)16-23-21-12-11-20-9-5-6-14-27(20,3)22(21)13-15-28(23,26)4;;/h10,18-23,25-26,29H,5-9,11-17H2,1-4H3;2*1H/b24-10-;;/t18?,19-,20+,21-,22+,23+,25?,26?,27+,28+;;/m1../s1. The Labute approximate surface area is 188 Å². The van der Waals surface area contributed by atoms with Crippen molar-refractivity contribution in [3.8, 4) is 0 Å². The molecule has 0 amide bonds. The van der Waals surface area contributed by atoms with Crippen LogP contribution < -0.4 is 0 Å². The fourth-order valence-corrected chi connectivity index (χ4v) is 9.63. The minimum atomic E-state index is 0. The molecule has 2 nitrogen and oxygen atoms in total. The third-order valence-corrected chi connectivity index (χ3v) is 11.3. The van der Waals surface area contributed by atoms with Crippen LogP contribution in [-0.2, 0) is 4.74 Å². The number of rotatable bonds is 4. The van der Waals surface area contributed by atoms with Gasteiger partial charge in [-0.25, -0.2) is 0 Å². The van der Waals surface area contributed by atoms with Gasteiger partial charge in [-0.1, -0.05) is 40.5 Å². The molecule has 0 bridgehead atoms. The van der Waals surface area contributed by atoms with Crippen LogP contribution in [0.3, 0.4) is 0 Å². The Morgan fingerprint density at radius 2 is 1.93 bits per heavy atom. The van der Waals surface area contributed by atoms with Crippen LogP contribution in [0.5, 0.6) is 0 Å². The van der Waals surface area contributed by atoms with E-state index in [-0.39, 0.29) is 2.85 Å². The van der Waals surface area contributed by atoms with Gasteiger partial charge in [0.05, 0.1) is 5.76 Å². The van der Waals surface area contributed by atoms with E-state index in [2.05, 4.69) is 33.8 Å². The van der Waals surface area contributed by atoms with E-state index in [4.69, 9.17) is 4.74 Å². The van der Waals surface area contributed by atoms with Crippen molar-refractivity contribution < 1.29 is 12.7 Å². The number of hydrogen-bond donors (Lipinski definition) is 1. The lowest BCUT2D eigenvalue weighted by molar-refractivity contribution is -0.112. The molecule has 0 radical (unpaired) electrons. The normalized spacial score (nSPS) is 52.2. The molecule has 0 spiro atoms. The lowest BCUT2D eigenvalue weighted by Gasteiger charge is -2.60.